The third-order valence-electron chi connectivity index (χ3n) is 6.46. The van der Waals surface area contributed by atoms with Crippen LogP contribution in [0.25, 0.3) is 5.57 Å². The first-order valence-electron chi connectivity index (χ1n) is 11.0. The van der Waals surface area contributed by atoms with Gasteiger partial charge in [0.1, 0.15) is 18.4 Å². The third kappa shape index (κ3) is 4.26. The van der Waals surface area contributed by atoms with Gasteiger partial charge < -0.3 is 4.74 Å². The number of nitriles is 1. The van der Waals surface area contributed by atoms with Crippen LogP contribution < -0.4 is 4.74 Å². The summed E-state index contributed by atoms with van der Waals surface area (Å²) in [5.41, 5.74) is 5.63. The molecule has 0 N–H and O–H groups in total. The Labute approximate surface area is 184 Å². The summed E-state index contributed by atoms with van der Waals surface area (Å²) >= 11 is 0. The molecule has 5 rings (SSSR count). The number of fused-ring (bicyclic) bond motifs is 2. The van der Waals surface area contributed by atoms with Gasteiger partial charge in [0.15, 0.2) is 0 Å². The maximum atomic E-state index is 9.53. The molecule has 0 spiro atoms. The summed E-state index contributed by atoms with van der Waals surface area (Å²) in [6.07, 6.45) is 5.95. The van der Waals surface area contributed by atoms with Crippen molar-refractivity contribution in [3.8, 4) is 11.8 Å². The van der Waals surface area contributed by atoms with Gasteiger partial charge in [0.25, 0.3) is 0 Å². The topological polar surface area (TPSA) is 36.3 Å². The van der Waals surface area contributed by atoms with Crippen molar-refractivity contribution in [3.05, 3.63) is 107 Å². The van der Waals surface area contributed by atoms with Crippen LogP contribution in [0.5, 0.6) is 5.75 Å². The standard InChI is InChI=1S/C28H26N2O/c29-18-24-12-11-23(17-28(24)31-20-22-9-5-2-6-10-22)25-15-26-13-14-27(16-25)30(26)19-21-7-3-1-4-8-21/h1-12,15,17,26-27H,13-14,16,19-20H2. The second-order valence-electron chi connectivity index (χ2n) is 8.45. The van der Waals surface area contributed by atoms with Gasteiger partial charge in [-0.2, -0.15) is 5.26 Å². The number of hydrogen-bond donors (Lipinski definition) is 0. The fourth-order valence-corrected chi connectivity index (χ4v) is 4.84. The van der Waals surface area contributed by atoms with Gasteiger partial charge in [0.2, 0.25) is 0 Å². The Morgan fingerprint density at radius 1 is 0.903 bits per heavy atom. The Balaban J connectivity index is 1.35. The first-order valence-corrected chi connectivity index (χ1v) is 11.0. The Kier molecular flexibility index (Phi) is 5.56. The number of ether oxygens (including phenoxy) is 1. The van der Waals surface area contributed by atoms with Crippen molar-refractivity contribution in [3.63, 3.8) is 0 Å². The average Bonchev–Trinajstić information content (AvgIpc) is 3.05. The summed E-state index contributed by atoms with van der Waals surface area (Å²) in [6, 6.07) is 30.2. The zero-order chi connectivity index (χ0) is 21.0. The molecule has 154 valence electrons. The molecule has 1 saturated heterocycles. The molecule has 1 fully saturated rings. The van der Waals surface area contributed by atoms with Crippen LogP contribution in [-0.2, 0) is 13.2 Å². The third-order valence-corrected chi connectivity index (χ3v) is 6.46. The predicted octanol–water partition coefficient (Wildman–Crippen LogP) is 5.96. The summed E-state index contributed by atoms with van der Waals surface area (Å²) in [6.45, 7) is 1.48. The molecule has 3 heteroatoms. The average molecular weight is 407 g/mol. The molecule has 2 aliphatic rings. The van der Waals surface area contributed by atoms with E-state index in [9.17, 15) is 5.26 Å². The normalized spacial score (nSPS) is 20.2. The Hall–Kier alpha value is -3.35. The second kappa shape index (κ2) is 8.79. The summed E-state index contributed by atoms with van der Waals surface area (Å²) < 4.78 is 6.05. The summed E-state index contributed by atoms with van der Waals surface area (Å²) in [5, 5.41) is 9.53. The Morgan fingerprint density at radius 2 is 1.65 bits per heavy atom. The van der Waals surface area contributed by atoms with Crippen LogP contribution in [-0.4, -0.2) is 17.0 Å². The summed E-state index contributed by atoms with van der Waals surface area (Å²) in [7, 11) is 0. The lowest BCUT2D eigenvalue weighted by atomic mass is 9.93. The first kappa shape index (κ1) is 19.6. The van der Waals surface area contributed by atoms with Crippen molar-refractivity contribution in [2.75, 3.05) is 0 Å². The minimum Gasteiger partial charge on any atom is -0.488 e. The maximum Gasteiger partial charge on any atom is 0.138 e. The van der Waals surface area contributed by atoms with E-state index in [4.69, 9.17) is 4.74 Å². The smallest absolute Gasteiger partial charge is 0.138 e. The van der Waals surface area contributed by atoms with E-state index in [0.29, 0.717) is 30.0 Å². The largest absolute Gasteiger partial charge is 0.488 e. The van der Waals surface area contributed by atoms with Crippen LogP contribution in [0.4, 0.5) is 0 Å². The highest BCUT2D eigenvalue weighted by Crippen LogP contribution is 2.40. The first-order chi connectivity index (χ1) is 15.3. The van der Waals surface area contributed by atoms with Crippen LogP contribution >= 0.6 is 0 Å². The quantitative estimate of drug-likeness (QED) is 0.507. The van der Waals surface area contributed by atoms with E-state index in [1.54, 1.807) is 0 Å². The maximum absolute atomic E-state index is 9.53. The molecule has 3 nitrogen and oxygen atoms in total. The van der Waals surface area contributed by atoms with Gasteiger partial charge in [-0.05, 0) is 53.7 Å². The van der Waals surface area contributed by atoms with Crippen molar-refractivity contribution >= 4 is 5.57 Å². The van der Waals surface area contributed by atoms with Crippen molar-refractivity contribution < 1.29 is 4.74 Å². The van der Waals surface area contributed by atoms with E-state index in [1.165, 1.54) is 29.5 Å². The van der Waals surface area contributed by atoms with E-state index in [2.05, 4.69) is 59.5 Å². The second-order valence-corrected chi connectivity index (χ2v) is 8.45. The van der Waals surface area contributed by atoms with Crippen molar-refractivity contribution in [1.82, 2.24) is 4.90 Å². The zero-order valence-electron chi connectivity index (χ0n) is 17.6. The van der Waals surface area contributed by atoms with E-state index < -0.39 is 0 Å². The fraction of sp³-hybridized carbons (Fsp3) is 0.250. The van der Waals surface area contributed by atoms with Crippen molar-refractivity contribution in [2.24, 2.45) is 0 Å². The predicted molar refractivity (Wildman–Crippen MR) is 123 cm³/mol. The number of nitrogens with zero attached hydrogens (tertiary/aromatic N) is 2. The van der Waals surface area contributed by atoms with Gasteiger partial charge in [-0.3, -0.25) is 4.90 Å². The van der Waals surface area contributed by atoms with E-state index in [0.717, 1.165) is 18.5 Å². The lowest BCUT2D eigenvalue weighted by molar-refractivity contribution is 0.203. The van der Waals surface area contributed by atoms with Gasteiger partial charge in [-0.1, -0.05) is 72.8 Å². The molecule has 2 heterocycles. The zero-order valence-corrected chi connectivity index (χ0v) is 17.6. The molecular formula is C28H26N2O. The number of rotatable bonds is 6. The van der Waals surface area contributed by atoms with E-state index >= 15 is 0 Å². The molecule has 0 radical (unpaired) electrons. The molecule has 0 aliphatic carbocycles. The van der Waals surface area contributed by atoms with Crippen molar-refractivity contribution in [1.29, 1.82) is 5.26 Å². The minimum absolute atomic E-state index is 0.466. The summed E-state index contributed by atoms with van der Waals surface area (Å²) in [5.74, 6) is 0.670. The fourth-order valence-electron chi connectivity index (χ4n) is 4.84. The van der Waals surface area contributed by atoms with Crippen LogP contribution in [0.2, 0.25) is 0 Å². The Morgan fingerprint density at radius 3 is 2.35 bits per heavy atom. The lowest BCUT2D eigenvalue weighted by Crippen LogP contribution is -2.37. The highest BCUT2D eigenvalue weighted by atomic mass is 16.5. The van der Waals surface area contributed by atoms with Crippen LogP contribution in [0.3, 0.4) is 0 Å². The van der Waals surface area contributed by atoms with Crippen molar-refractivity contribution in [2.45, 2.75) is 44.5 Å². The van der Waals surface area contributed by atoms with Gasteiger partial charge in [0.05, 0.1) is 5.56 Å². The molecular weight excluding hydrogens is 380 g/mol. The molecule has 2 aliphatic heterocycles. The Bertz CT molecular complexity index is 1110. The highest BCUT2D eigenvalue weighted by Gasteiger charge is 2.36. The van der Waals surface area contributed by atoms with Crippen LogP contribution in [0.15, 0.2) is 84.9 Å². The van der Waals surface area contributed by atoms with Crippen LogP contribution in [0.1, 0.15) is 41.5 Å². The molecule has 2 bridgehead atoms. The van der Waals surface area contributed by atoms with Crippen LogP contribution in [0, 0.1) is 11.3 Å². The summed E-state index contributed by atoms with van der Waals surface area (Å²) in [4.78, 5) is 2.65. The molecule has 0 amide bonds. The van der Waals surface area contributed by atoms with Gasteiger partial charge in [-0.15, -0.1) is 0 Å². The monoisotopic (exact) mass is 406 g/mol. The van der Waals surface area contributed by atoms with Gasteiger partial charge in [-0.25, -0.2) is 0 Å². The van der Waals surface area contributed by atoms with E-state index in [1.807, 2.05) is 36.4 Å². The highest BCUT2D eigenvalue weighted by molar-refractivity contribution is 5.70. The number of benzene rings is 3. The minimum atomic E-state index is 0.466. The molecule has 3 aromatic carbocycles. The molecule has 2 unspecified atom stereocenters. The molecule has 31 heavy (non-hydrogen) atoms. The van der Waals surface area contributed by atoms with Gasteiger partial charge in [0, 0.05) is 18.6 Å². The number of hydrogen-bond acceptors (Lipinski definition) is 3. The lowest BCUT2D eigenvalue weighted by Gasteiger charge is -2.34. The van der Waals surface area contributed by atoms with Gasteiger partial charge >= 0.3 is 0 Å². The van der Waals surface area contributed by atoms with E-state index in [-0.39, 0.29) is 0 Å². The molecule has 3 aromatic rings. The molecule has 2 atom stereocenters. The SMILES string of the molecule is N#Cc1ccc(C2=CC3CCC(C2)N3Cc2ccccc2)cc1OCc1ccccc1. The molecule has 0 aromatic heterocycles. The molecule has 0 saturated carbocycles.